The molecule has 0 aliphatic rings. The Kier molecular flexibility index (Phi) is 8.16. The van der Waals surface area contributed by atoms with Crippen LogP contribution in [0.2, 0.25) is 5.02 Å². The van der Waals surface area contributed by atoms with Gasteiger partial charge in [0.25, 0.3) is 0 Å². The summed E-state index contributed by atoms with van der Waals surface area (Å²) in [6, 6.07) is 17.9. The van der Waals surface area contributed by atoms with Crippen molar-refractivity contribution >= 4 is 35.0 Å². The van der Waals surface area contributed by atoms with Crippen molar-refractivity contribution < 1.29 is 4.79 Å². The number of para-hydroxylation sites is 1. The Balaban J connectivity index is 1.73. The Hall–Kier alpha value is -1.65. The number of anilines is 1. The summed E-state index contributed by atoms with van der Waals surface area (Å²) in [6.07, 6.45) is 1.71. The molecular weight excluding hydrogens is 352 g/mol. The maximum Gasteiger partial charge on any atom is 0.233 e. The van der Waals surface area contributed by atoms with Crippen LogP contribution in [0.4, 0.5) is 5.69 Å². The zero-order chi connectivity index (χ0) is 18.1. The van der Waals surface area contributed by atoms with Gasteiger partial charge in [0.15, 0.2) is 0 Å². The van der Waals surface area contributed by atoms with Gasteiger partial charge in [0.2, 0.25) is 5.91 Å². The first kappa shape index (κ1) is 19.7. The molecule has 1 unspecified atom stereocenters. The summed E-state index contributed by atoms with van der Waals surface area (Å²) in [5, 5.41) is 3.70. The number of carbonyl (C=O) groups is 1. The molecule has 1 atom stereocenters. The smallest absolute Gasteiger partial charge is 0.233 e. The fourth-order valence-corrected chi connectivity index (χ4v) is 3.56. The molecule has 25 heavy (non-hydrogen) atoms. The van der Waals surface area contributed by atoms with Crippen LogP contribution in [0.1, 0.15) is 19.8 Å². The quantitative estimate of drug-likeness (QED) is 0.501. The lowest BCUT2D eigenvalue weighted by atomic mass is 10.2. The Morgan fingerprint density at radius 2 is 1.84 bits per heavy atom. The van der Waals surface area contributed by atoms with Crippen LogP contribution < -0.4 is 10.2 Å². The third-order valence-corrected chi connectivity index (χ3v) is 5.55. The average molecular weight is 377 g/mol. The summed E-state index contributed by atoms with van der Waals surface area (Å²) >= 11 is 7.49. The molecule has 0 fully saturated rings. The zero-order valence-corrected chi connectivity index (χ0v) is 16.3. The zero-order valence-electron chi connectivity index (χ0n) is 14.7. The van der Waals surface area contributed by atoms with Crippen molar-refractivity contribution in [3.8, 4) is 0 Å². The molecule has 2 aromatic carbocycles. The minimum atomic E-state index is -0.0759. The van der Waals surface area contributed by atoms with Crippen LogP contribution in [-0.4, -0.2) is 31.3 Å². The predicted octanol–water partition coefficient (Wildman–Crippen LogP) is 4.85. The molecule has 1 N–H and O–H groups in total. The van der Waals surface area contributed by atoms with E-state index < -0.39 is 0 Å². The summed E-state index contributed by atoms with van der Waals surface area (Å²) in [5.41, 5.74) is 1.19. The molecule has 0 aliphatic heterocycles. The standard InChI is InChI=1S/C20H25ClN2OS/c1-3-19(25-18-12-10-16(21)11-13-18)20(24)22-14-7-15-23(2)17-8-5-4-6-9-17/h4-6,8-13,19H,3,7,14-15H2,1-2H3,(H,22,24). The van der Waals surface area contributed by atoms with Crippen molar-refractivity contribution in [3.05, 3.63) is 59.6 Å². The Morgan fingerprint density at radius 1 is 1.16 bits per heavy atom. The Labute approximate surface area is 159 Å². The van der Waals surface area contributed by atoms with Gasteiger partial charge in [0.1, 0.15) is 0 Å². The average Bonchev–Trinajstić information content (AvgIpc) is 2.65. The third-order valence-electron chi connectivity index (χ3n) is 3.92. The maximum absolute atomic E-state index is 12.4. The highest BCUT2D eigenvalue weighted by molar-refractivity contribution is 8.00. The van der Waals surface area contributed by atoms with Crippen LogP contribution in [0.25, 0.3) is 0 Å². The molecule has 0 saturated carbocycles. The van der Waals surface area contributed by atoms with Crippen LogP contribution in [0.5, 0.6) is 0 Å². The normalized spacial score (nSPS) is 11.8. The van der Waals surface area contributed by atoms with Crippen molar-refractivity contribution in [1.82, 2.24) is 5.32 Å². The highest BCUT2D eigenvalue weighted by Gasteiger charge is 2.17. The fourth-order valence-electron chi connectivity index (χ4n) is 2.45. The SMILES string of the molecule is CCC(Sc1ccc(Cl)cc1)C(=O)NCCCN(C)c1ccccc1. The first-order valence-electron chi connectivity index (χ1n) is 8.56. The minimum Gasteiger partial charge on any atom is -0.375 e. The van der Waals surface area contributed by atoms with E-state index in [0.717, 1.165) is 24.3 Å². The second kappa shape index (κ2) is 10.4. The van der Waals surface area contributed by atoms with Crippen molar-refractivity contribution in [2.75, 3.05) is 25.0 Å². The van der Waals surface area contributed by atoms with Crippen molar-refractivity contribution in [2.24, 2.45) is 0 Å². The van der Waals surface area contributed by atoms with Gasteiger partial charge in [-0.25, -0.2) is 0 Å². The monoisotopic (exact) mass is 376 g/mol. The Bertz CT molecular complexity index is 649. The molecular formula is C20H25ClN2OS. The van der Waals surface area contributed by atoms with E-state index in [2.05, 4.69) is 29.4 Å². The van der Waals surface area contributed by atoms with Gasteiger partial charge in [0.05, 0.1) is 5.25 Å². The van der Waals surface area contributed by atoms with E-state index >= 15 is 0 Å². The summed E-state index contributed by atoms with van der Waals surface area (Å²) in [6.45, 7) is 3.63. The van der Waals surface area contributed by atoms with Gasteiger partial charge in [-0.1, -0.05) is 36.7 Å². The van der Waals surface area contributed by atoms with Crippen molar-refractivity contribution in [2.45, 2.75) is 29.9 Å². The number of amides is 1. The van der Waals surface area contributed by atoms with Crippen molar-refractivity contribution in [1.29, 1.82) is 0 Å². The van der Waals surface area contributed by atoms with Crippen LogP contribution in [0.3, 0.4) is 0 Å². The van der Waals surface area contributed by atoms with Gasteiger partial charge in [-0.05, 0) is 49.2 Å². The van der Waals surface area contributed by atoms with E-state index in [1.54, 1.807) is 11.8 Å². The van der Waals surface area contributed by atoms with E-state index in [0.29, 0.717) is 11.6 Å². The van der Waals surface area contributed by atoms with Gasteiger partial charge in [-0.15, -0.1) is 11.8 Å². The lowest BCUT2D eigenvalue weighted by molar-refractivity contribution is -0.120. The number of carbonyl (C=O) groups excluding carboxylic acids is 1. The molecule has 0 heterocycles. The largest absolute Gasteiger partial charge is 0.375 e. The highest BCUT2D eigenvalue weighted by atomic mass is 35.5. The van der Waals surface area contributed by atoms with Gasteiger partial charge in [-0.2, -0.15) is 0 Å². The molecule has 5 heteroatoms. The van der Waals surface area contributed by atoms with Gasteiger partial charge in [-0.3, -0.25) is 4.79 Å². The highest BCUT2D eigenvalue weighted by Crippen LogP contribution is 2.26. The van der Waals surface area contributed by atoms with Crippen LogP contribution >= 0.6 is 23.4 Å². The summed E-state index contributed by atoms with van der Waals surface area (Å²) < 4.78 is 0. The molecule has 2 rings (SSSR count). The van der Waals surface area contributed by atoms with Crippen LogP contribution in [-0.2, 0) is 4.79 Å². The first-order chi connectivity index (χ1) is 12.1. The number of benzene rings is 2. The molecule has 134 valence electrons. The van der Waals surface area contributed by atoms with E-state index in [1.165, 1.54) is 5.69 Å². The molecule has 3 nitrogen and oxygen atoms in total. The number of hydrogen-bond donors (Lipinski definition) is 1. The summed E-state index contributed by atoms with van der Waals surface area (Å²) in [7, 11) is 2.07. The van der Waals surface area contributed by atoms with E-state index in [9.17, 15) is 4.79 Å². The number of thioether (sulfide) groups is 1. The number of nitrogens with zero attached hydrogens (tertiary/aromatic N) is 1. The lowest BCUT2D eigenvalue weighted by Crippen LogP contribution is -2.34. The molecule has 2 aromatic rings. The fraction of sp³-hybridized carbons (Fsp3) is 0.350. The summed E-state index contributed by atoms with van der Waals surface area (Å²) in [5.74, 6) is 0.102. The Morgan fingerprint density at radius 3 is 2.48 bits per heavy atom. The predicted molar refractivity (Wildman–Crippen MR) is 109 cm³/mol. The number of hydrogen-bond acceptors (Lipinski definition) is 3. The molecule has 0 aliphatic carbocycles. The minimum absolute atomic E-state index is 0.0759. The van der Waals surface area contributed by atoms with E-state index in [4.69, 9.17) is 11.6 Å². The molecule has 0 saturated heterocycles. The molecule has 0 spiro atoms. The number of rotatable bonds is 9. The molecule has 0 bridgehead atoms. The van der Waals surface area contributed by atoms with Gasteiger partial charge < -0.3 is 10.2 Å². The van der Waals surface area contributed by atoms with Crippen molar-refractivity contribution in [3.63, 3.8) is 0 Å². The van der Waals surface area contributed by atoms with Crippen LogP contribution in [0, 0.1) is 0 Å². The molecule has 0 aromatic heterocycles. The number of nitrogens with one attached hydrogen (secondary N) is 1. The van der Waals surface area contributed by atoms with E-state index in [-0.39, 0.29) is 11.2 Å². The number of halogens is 1. The van der Waals surface area contributed by atoms with Gasteiger partial charge >= 0.3 is 0 Å². The topological polar surface area (TPSA) is 32.3 Å². The van der Waals surface area contributed by atoms with Crippen LogP contribution in [0.15, 0.2) is 59.5 Å². The first-order valence-corrected chi connectivity index (χ1v) is 9.82. The maximum atomic E-state index is 12.4. The second-order valence-corrected chi connectivity index (χ2v) is 7.58. The molecule has 0 radical (unpaired) electrons. The molecule has 1 amide bonds. The summed E-state index contributed by atoms with van der Waals surface area (Å²) in [4.78, 5) is 15.7. The van der Waals surface area contributed by atoms with E-state index in [1.807, 2.05) is 49.4 Å². The van der Waals surface area contributed by atoms with Gasteiger partial charge in [0, 0.05) is 35.7 Å². The third kappa shape index (κ3) is 6.63. The lowest BCUT2D eigenvalue weighted by Gasteiger charge is -2.20. The second-order valence-electron chi connectivity index (χ2n) is 5.87.